The van der Waals surface area contributed by atoms with E-state index in [1.165, 1.54) is 5.32 Å². The molecule has 0 saturated heterocycles. The molecule has 2 N–H and O–H groups in total. The highest BCUT2D eigenvalue weighted by molar-refractivity contribution is 7.86. The molecule has 0 aliphatic carbocycles. The molecule has 3 amide bonds. The van der Waals surface area contributed by atoms with Gasteiger partial charge < -0.3 is 5.32 Å². The highest BCUT2D eigenvalue weighted by atomic mass is 32.2. The van der Waals surface area contributed by atoms with Crippen LogP contribution < -0.4 is 10.6 Å². The first-order valence-corrected chi connectivity index (χ1v) is 8.00. The van der Waals surface area contributed by atoms with Crippen molar-refractivity contribution in [2.75, 3.05) is 5.32 Å². The molecule has 0 aliphatic rings. The number of benzene rings is 2. The summed E-state index contributed by atoms with van der Waals surface area (Å²) in [6, 6.07) is 2.76. The number of carbonyl (C=O) groups is 2. The average Bonchev–Trinajstić information content (AvgIpc) is 2.55. The predicted octanol–water partition coefficient (Wildman–Crippen LogP) is 3.69. The number of anilines is 1. The lowest BCUT2D eigenvalue weighted by atomic mass is 10.2. The third kappa shape index (κ3) is 4.84. The van der Waals surface area contributed by atoms with Crippen molar-refractivity contribution in [1.29, 1.82) is 0 Å². The van der Waals surface area contributed by atoms with E-state index >= 15 is 0 Å². The molecule has 27 heavy (non-hydrogen) atoms. The number of alkyl halides is 3. The molecule has 0 spiro atoms. The summed E-state index contributed by atoms with van der Waals surface area (Å²) < 4.78 is 88.8. The SMILES string of the molecule is O=C(NC(=O)c1c(F)cccc1F)Nc1ccc(S(=O)C(F)(F)F)cc1F. The standard InChI is InChI=1S/C15H8F6N2O3S/c16-8-2-1-3-9(17)12(8)13(24)23-14(25)22-11-5-4-7(6-10(11)18)27(26)15(19,20)21/h1-6H,(H2,22,23,24,25). The van der Waals surface area contributed by atoms with Gasteiger partial charge in [-0.05, 0) is 30.3 Å². The number of nitrogens with one attached hydrogen (secondary N) is 2. The molecule has 12 heteroatoms. The Hall–Kier alpha value is -2.89. The van der Waals surface area contributed by atoms with Crippen LogP contribution in [0.5, 0.6) is 0 Å². The maximum Gasteiger partial charge on any atom is 0.475 e. The molecule has 0 heterocycles. The summed E-state index contributed by atoms with van der Waals surface area (Å²) in [5, 5.41) is 3.32. The summed E-state index contributed by atoms with van der Waals surface area (Å²) in [5.74, 6) is -5.32. The van der Waals surface area contributed by atoms with Gasteiger partial charge in [0.05, 0.1) is 10.6 Å². The minimum absolute atomic E-state index is 0.289. The number of amides is 3. The van der Waals surface area contributed by atoms with Crippen molar-refractivity contribution in [3.8, 4) is 0 Å². The van der Waals surface area contributed by atoms with E-state index in [1.807, 2.05) is 0 Å². The van der Waals surface area contributed by atoms with Crippen molar-refractivity contribution < 1.29 is 40.1 Å². The van der Waals surface area contributed by atoms with E-state index in [4.69, 9.17) is 0 Å². The molecule has 0 aliphatic heterocycles. The zero-order valence-corrected chi connectivity index (χ0v) is 13.7. The van der Waals surface area contributed by atoms with Crippen LogP contribution in [0, 0.1) is 17.5 Å². The van der Waals surface area contributed by atoms with E-state index in [-0.39, 0.29) is 6.07 Å². The molecule has 0 aromatic heterocycles. The number of hydrogen-bond acceptors (Lipinski definition) is 3. The summed E-state index contributed by atoms with van der Waals surface area (Å²) in [4.78, 5) is 22.5. The van der Waals surface area contributed by atoms with E-state index in [0.29, 0.717) is 12.1 Å². The number of hydrogen-bond donors (Lipinski definition) is 2. The smallest absolute Gasteiger partial charge is 0.305 e. The predicted molar refractivity (Wildman–Crippen MR) is 81.7 cm³/mol. The number of carbonyl (C=O) groups excluding carboxylic acids is 2. The Balaban J connectivity index is 2.12. The first-order chi connectivity index (χ1) is 12.5. The van der Waals surface area contributed by atoms with Crippen molar-refractivity contribution >= 4 is 28.4 Å². The highest BCUT2D eigenvalue weighted by Gasteiger charge is 2.38. The van der Waals surface area contributed by atoms with E-state index in [9.17, 15) is 40.1 Å². The van der Waals surface area contributed by atoms with Gasteiger partial charge in [0.1, 0.15) is 23.0 Å². The Labute approximate surface area is 149 Å². The Kier molecular flexibility index (Phi) is 5.88. The van der Waals surface area contributed by atoms with Crippen molar-refractivity contribution in [2.45, 2.75) is 10.4 Å². The Morgan fingerprint density at radius 1 is 0.926 bits per heavy atom. The van der Waals surface area contributed by atoms with Crippen LogP contribution >= 0.6 is 0 Å². The van der Waals surface area contributed by atoms with Gasteiger partial charge in [0, 0.05) is 0 Å². The van der Waals surface area contributed by atoms with Crippen LogP contribution in [0.3, 0.4) is 0 Å². The maximum atomic E-state index is 13.8. The molecule has 0 fully saturated rings. The molecule has 144 valence electrons. The average molecular weight is 410 g/mol. The highest BCUT2D eigenvalue weighted by Crippen LogP contribution is 2.28. The van der Waals surface area contributed by atoms with Crippen LogP contribution in [0.4, 0.5) is 36.8 Å². The molecule has 1 unspecified atom stereocenters. The van der Waals surface area contributed by atoms with Crippen molar-refractivity contribution in [3.05, 3.63) is 59.4 Å². The molecular formula is C15H8F6N2O3S. The maximum absolute atomic E-state index is 13.8. The summed E-state index contributed by atoms with van der Waals surface area (Å²) >= 11 is 0. The van der Waals surface area contributed by atoms with Crippen LogP contribution in [0.25, 0.3) is 0 Å². The van der Waals surface area contributed by atoms with Crippen molar-refractivity contribution in [2.24, 2.45) is 0 Å². The van der Waals surface area contributed by atoms with E-state index in [0.717, 1.165) is 18.2 Å². The van der Waals surface area contributed by atoms with Gasteiger partial charge in [-0.25, -0.2) is 22.2 Å². The molecule has 0 bridgehead atoms. The van der Waals surface area contributed by atoms with Gasteiger partial charge in [0.25, 0.3) is 5.91 Å². The minimum Gasteiger partial charge on any atom is -0.305 e. The molecule has 2 aromatic carbocycles. The first-order valence-electron chi connectivity index (χ1n) is 6.85. The third-order valence-electron chi connectivity index (χ3n) is 3.03. The largest absolute Gasteiger partial charge is 0.475 e. The second-order valence-corrected chi connectivity index (χ2v) is 6.33. The topological polar surface area (TPSA) is 75.3 Å². The molecule has 0 saturated carbocycles. The van der Waals surface area contributed by atoms with Crippen LogP contribution in [-0.2, 0) is 10.8 Å². The molecule has 5 nitrogen and oxygen atoms in total. The summed E-state index contributed by atoms with van der Waals surface area (Å²) in [6.07, 6.45) is 0. The lowest BCUT2D eigenvalue weighted by Gasteiger charge is -2.10. The molecule has 2 rings (SSSR count). The van der Waals surface area contributed by atoms with Gasteiger partial charge >= 0.3 is 11.5 Å². The summed E-state index contributed by atoms with van der Waals surface area (Å²) in [6.45, 7) is 0. The fraction of sp³-hybridized carbons (Fsp3) is 0.0667. The zero-order valence-electron chi connectivity index (χ0n) is 12.9. The monoisotopic (exact) mass is 410 g/mol. The number of urea groups is 1. The van der Waals surface area contributed by atoms with Gasteiger partial charge in [-0.2, -0.15) is 13.2 Å². The van der Waals surface area contributed by atoms with Crippen molar-refractivity contribution in [1.82, 2.24) is 5.32 Å². The second-order valence-electron chi connectivity index (χ2n) is 4.86. The summed E-state index contributed by atoms with van der Waals surface area (Å²) in [7, 11) is -3.48. The number of rotatable bonds is 3. The summed E-state index contributed by atoms with van der Waals surface area (Å²) in [5.41, 5.74) is -6.81. The lowest BCUT2D eigenvalue weighted by molar-refractivity contribution is -0.0384. The minimum atomic E-state index is -5.10. The molecule has 1 atom stereocenters. The van der Waals surface area contributed by atoms with E-state index in [1.54, 1.807) is 5.32 Å². The number of halogens is 6. The van der Waals surface area contributed by atoms with Crippen LogP contribution in [0.1, 0.15) is 10.4 Å². The Bertz CT molecular complexity index is 912. The normalized spacial score (nSPS) is 12.4. The Morgan fingerprint density at radius 2 is 1.52 bits per heavy atom. The zero-order chi connectivity index (χ0) is 20.4. The second kappa shape index (κ2) is 7.78. The Morgan fingerprint density at radius 3 is 2.04 bits per heavy atom. The lowest BCUT2D eigenvalue weighted by Crippen LogP contribution is -2.35. The van der Waals surface area contributed by atoms with Gasteiger partial charge in [0.15, 0.2) is 10.8 Å². The van der Waals surface area contributed by atoms with E-state index in [2.05, 4.69) is 0 Å². The van der Waals surface area contributed by atoms with Gasteiger partial charge in [-0.1, -0.05) is 6.07 Å². The van der Waals surface area contributed by atoms with Crippen LogP contribution in [0.15, 0.2) is 41.3 Å². The van der Waals surface area contributed by atoms with Gasteiger partial charge in [0.2, 0.25) is 0 Å². The van der Waals surface area contributed by atoms with E-state index < -0.39 is 61.8 Å². The fourth-order valence-electron chi connectivity index (χ4n) is 1.88. The molecule has 0 radical (unpaired) electrons. The number of imide groups is 1. The third-order valence-corrected chi connectivity index (χ3v) is 4.13. The molecular weight excluding hydrogens is 402 g/mol. The molecule has 2 aromatic rings. The van der Waals surface area contributed by atoms with Crippen LogP contribution in [-0.4, -0.2) is 21.7 Å². The van der Waals surface area contributed by atoms with Gasteiger partial charge in [-0.3, -0.25) is 10.1 Å². The van der Waals surface area contributed by atoms with Crippen LogP contribution in [0.2, 0.25) is 0 Å². The first kappa shape index (κ1) is 20.4. The fourth-order valence-corrected chi connectivity index (χ4v) is 2.55. The van der Waals surface area contributed by atoms with Crippen molar-refractivity contribution in [3.63, 3.8) is 0 Å². The van der Waals surface area contributed by atoms with Gasteiger partial charge in [-0.15, -0.1) is 0 Å². The quantitative estimate of drug-likeness (QED) is 0.758.